The van der Waals surface area contributed by atoms with Crippen molar-refractivity contribution in [3.05, 3.63) is 54.7 Å². The fourth-order valence-corrected chi connectivity index (χ4v) is 6.18. The van der Waals surface area contributed by atoms with Gasteiger partial charge in [-0.2, -0.15) is 0 Å². The molecule has 174 valence electrons. The number of fused-ring (bicyclic) bond motifs is 1. The van der Waals surface area contributed by atoms with Gasteiger partial charge in [0.15, 0.2) is 9.84 Å². The van der Waals surface area contributed by atoms with Crippen molar-refractivity contribution < 1.29 is 13.2 Å². The molecule has 2 heterocycles. The maximum atomic E-state index is 13.1. The van der Waals surface area contributed by atoms with E-state index in [0.717, 1.165) is 46.7 Å². The maximum Gasteiger partial charge on any atom is 0.230 e. The number of sulfone groups is 1. The quantitative estimate of drug-likeness (QED) is 0.681. The van der Waals surface area contributed by atoms with Crippen LogP contribution in [0.25, 0.3) is 11.1 Å². The molecule has 7 heteroatoms. The topological polar surface area (TPSA) is 60.9 Å². The van der Waals surface area contributed by atoms with Crippen LogP contribution in [0.5, 0.6) is 0 Å². The second kappa shape index (κ2) is 8.20. The maximum absolute atomic E-state index is 13.1. The molecule has 3 aliphatic rings. The van der Waals surface area contributed by atoms with Crippen LogP contribution >= 0.6 is 0 Å². The third kappa shape index (κ3) is 4.26. The Hall–Kier alpha value is -2.80. The first-order valence-corrected chi connectivity index (χ1v) is 13.5. The average Bonchev–Trinajstić information content (AvgIpc) is 3.63. The van der Waals surface area contributed by atoms with Crippen LogP contribution in [0.2, 0.25) is 0 Å². The molecule has 5 rings (SSSR count). The smallest absolute Gasteiger partial charge is 0.230 e. The van der Waals surface area contributed by atoms with E-state index in [-0.39, 0.29) is 29.4 Å². The first-order valence-electron chi connectivity index (χ1n) is 11.7. The molecule has 1 saturated carbocycles. The normalized spacial score (nSPS) is 22.1. The highest BCUT2D eigenvalue weighted by atomic mass is 32.2. The Kier molecular flexibility index (Phi) is 5.47. The lowest BCUT2D eigenvalue weighted by atomic mass is 9.99. The number of hydrogen-bond donors (Lipinski definition) is 0. The second-order valence-corrected chi connectivity index (χ2v) is 11.9. The van der Waals surface area contributed by atoms with Gasteiger partial charge in [0, 0.05) is 43.0 Å². The van der Waals surface area contributed by atoms with Crippen LogP contribution in [0.3, 0.4) is 0 Å². The standard InChI is InChI=1S/C26H31N3O3S/c1-18(2)29-19(3)17-28(26(30)21-4-5-21)25-16-22(8-11-24(25)29)20-6-9-23(10-7-20)27-12-14-33(31,32)15-13-27/h6-11,16,19,21H,1,4-5,12-15,17H2,2-3H3/t19-/m0/s1. The van der Waals surface area contributed by atoms with Crippen molar-refractivity contribution in [3.63, 3.8) is 0 Å². The lowest BCUT2D eigenvalue weighted by Gasteiger charge is -2.43. The van der Waals surface area contributed by atoms with E-state index in [9.17, 15) is 13.2 Å². The molecular formula is C26H31N3O3S. The molecule has 2 aliphatic heterocycles. The van der Waals surface area contributed by atoms with E-state index in [2.05, 4.69) is 65.8 Å². The number of benzene rings is 2. The van der Waals surface area contributed by atoms with Crippen LogP contribution in [0.15, 0.2) is 54.7 Å². The summed E-state index contributed by atoms with van der Waals surface area (Å²) in [5, 5.41) is 0. The van der Waals surface area contributed by atoms with Crippen LogP contribution in [0.1, 0.15) is 26.7 Å². The number of amides is 1. The molecule has 1 aliphatic carbocycles. The molecule has 0 unspecified atom stereocenters. The fourth-order valence-electron chi connectivity index (χ4n) is 4.98. The van der Waals surface area contributed by atoms with Gasteiger partial charge in [0.25, 0.3) is 0 Å². The van der Waals surface area contributed by atoms with Crippen molar-refractivity contribution in [2.75, 3.05) is 45.8 Å². The van der Waals surface area contributed by atoms with Crippen molar-refractivity contribution in [3.8, 4) is 11.1 Å². The Morgan fingerprint density at radius 2 is 1.61 bits per heavy atom. The highest BCUT2D eigenvalue weighted by Crippen LogP contribution is 2.43. The van der Waals surface area contributed by atoms with Gasteiger partial charge in [-0.05, 0) is 62.1 Å². The highest BCUT2D eigenvalue weighted by molar-refractivity contribution is 7.91. The molecule has 33 heavy (non-hydrogen) atoms. The van der Waals surface area contributed by atoms with Gasteiger partial charge in [-0.25, -0.2) is 8.42 Å². The molecule has 1 amide bonds. The molecule has 0 bridgehead atoms. The minimum absolute atomic E-state index is 0.165. The van der Waals surface area contributed by atoms with Crippen molar-refractivity contribution in [2.45, 2.75) is 32.7 Å². The summed E-state index contributed by atoms with van der Waals surface area (Å²) < 4.78 is 23.5. The molecule has 2 aromatic rings. The van der Waals surface area contributed by atoms with Gasteiger partial charge in [0.2, 0.25) is 5.91 Å². The molecule has 1 saturated heterocycles. The van der Waals surface area contributed by atoms with Crippen LogP contribution in [-0.2, 0) is 14.6 Å². The first-order chi connectivity index (χ1) is 15.7. The largest absolute Gasteiger partial charge is 0.369 e. The van der Waals surface area contributed by atoms with E-state index in [1.54, 1.807) is 0 Å². The van der Waals surface area contributed by atoms with E-state index in [0.29, 0.717) is 19.6 Å². The highest BCUT2D eigenvalue weighted by Gasteiger charge is 2.39. The van der Waals surface area contributed by atoms with E-state index < -0.39 is 9.84 Å². The Bertz CT molecular complexity index is 1190. The fraction of sp³-hybridized carbons (Fsp3) is 0.423. The predicted molar refractivity (Wildman–Crippen MR) is 135 cm³/mol. The van der Waals surface area contributed by atoms with Gasteiger partial charge in [-0.15, -0.1) is 0 Å². The number of rotatable bonds is 4. The average molecular weight is 466 g/mol. The van der Waals surface area contributed by atoms with Crippen molar-refractivity contribution >= 4 is 32.8 Å². The summed E-state index contributed by atoms with van der Waals surface area (Å²) in [4.78, 5) is 19.4. The number of allylic oxidation sites excluding steroid dienone is 1. The molecular weight excluding hydrogens is 434 g/mol. The van der Waals surface area contributed by atoms with Gasteiger partial charge >= 0.3 is 0 Å². The Balaban J connectivity index is 1.45. The molecule has 0 radical (unpaired) electrons. The zero-order valence-corrected chi connectivity index (χ0v) is 20.1. The van der Waals surface area contributed by atoms with Crippen LogP contribution < -0.4 is 14.7 Å². The number of anilines is 3. The molecule has 2 fully saturated rings. The summed E-state index contributed by atoms with van der Waals surface area (Å²) in [7, 11) is -2.90. The Morgan fingerprint density at radius 1 is 0.970 bits per heavy atom. The summed E-state index contributed by atoms with van der Waals surface area (Å²) >= 11 is 0. The van der Waals surface area contributed by atoms with Crippen LogP contribution in [0.4, 0.5) is 17.1 Å². The van der Waals surface area contributed by atoms with Crippen molar-refractivity contribution in [2.24, 2.45) is 5.92 Å². The van der Waals surface area contributed by atoms with E-state index in [4.69, 9.17) is 0 Å². The zero-order valence-electron chi connectivity index (χ0n) is 19.3. The van der Waals surface area contributed by atoms with E-state index >= 15 is 0 Å². The number of carbonyl (C=O) groups is 1. The van der Waals surface area contributed by atoms with Gasteiger partial charge in [-0.1, -0.05) is 24.8 Å². The SMILES string of the molecule is C=C(C)N1c2ccc(-c3ccc(N4CCS(=O)(=O)CC4)cc3)cc2N(C(=O)C2CC2)C[C@@H]1C. The third-order valence-electron chi connectivity index (χ3n) is 6.93. The van der Waals surface area contributed by atoms with Gasteiger partial charge in [-0.3, -0.25) is 4.79 Å². The lowest BCUT2D eigenvalue weighted by Crippen LogP contribution is -2.49. The summed E-state index contributed by atoms with van der Waals surface area (Å²) in [5.41, 5.74) is 6.14. The van der Waals surface area contributed by atoms with Gasteiger partial charge in [0.1, 0.15) is 0 Å². The zero-order chi connectivity index (χ0) is 23.3. The lowest BCUT2D eigenvalue weighted by molar-refractivity contribution is -0.119. The van der Waals surface area contributed by atoms with Crippen molar-refractivity contribution in [1.29, 1.82) is 0 Å². The summed E-state index contributed by atoms with van der Waals surface area (Å²) in [6.07, 6.45) is 1.98. The first kappa shape index (κ1) is 22.0. The summed E-state index contributed by atoms with van der Waals surface area (Å²) in [6.45, 7) is 10.1. The van der Waals surface area contributed by atoms with Gasteiger partial charge in [0.05, 0.1) is 22.9 Å². The molecule has 0 N–H and O–H groups in total. The summed E-state index contributed by atoms with van der Waals surface area (Å²) in [5.74, 6) is 0.819. The molecule has 0 spiro atoms. The number of carbonyl (C=O) groups excluding carboxylic acids is 1. The van der Waals surface area contributed by atoms with Crippen LogP contribution in [-0.4, -0.2) is 51.5 Å². The van der Waals surface area contributed by atoms with E-state index in [1.165, 1.54) is 0 Å². The van der Waals surface area contributed by atoms with Gasteiger partial charge < -0.3 is 14.7 Å². The minimum Gasteiger partial charge on any atom is -0.369 e. The third-order valence-corrected chi connectivity index (χ3v) is 8.54. The Labute approximate surface area is 196 Å². The monoisotopic (exact) mass is 465 g/mol. The number of hydrogen-bond acceptors (Lipinski definition) is 5. The second-order valence-electron chi connectivity index (χ2n) is 9.57. The molecule has 6 nitrogen and oxygen atoms in total. The predicted octanol–water partition coefficient (Wildman–Crippen LogP) is 4.07. The minimum atomic E-state index is -2.90. The summed E-state index contributed by atoms with van der Waals surface area (Å²) in [6, 6.07) is 14.8. The van der Waals surface area contributed by atoms with E-state index in [1.807, 2.05) is 11.8 Å². The molecule has 2 aromatic carbocycles. The van der Waals surface area contributed by atoms with Crippen LogP contribution in [0, 0.1) is 5.92 Å². The molecule has 1 atom stereocenters. The Morgan fingerprint density at radius 3 is 2.21 bits per heavy atom. The van der Waals surface area contributed by atoms with Crippen molar-refractivity contribution in [1.82, 2.24) is 0 Å². The number of nitrogens with zero attached hydrogens (tertiary/aromatic N) is 3. The molecule has 0 aromatic heterocycles.